The van der Waals surface area contributed by atoms with Gasteiger partial charge in [0.1, 0.15) is 0 Å². The largest absolute Gasteiger partial charge is 0.332 e. The third-order valence-electron chi connectivity index (χ3n) is 3.41. The SMILES string of the molecule is O=S(=O)(Nc1ccc(Cl)nn1)c1ccc(NC(=S)Nc2cc(Cl)cc(Cl)c2)cc1. The number of hydrogen-bond acceptors (Lipinski definition) is 5. The fourth-order valence-electron chi connectivity index (χ4n) is 2.20. The maximum atomic E-state index is 12.4. The smallest absolute Gasteiger partial charge is 0.263 e. The fraction of sp³-hybridized carbons (Fsp3) is 0. The predicted octanol–water partition coefficient (Wildman–Crippen LogP) is 5.05. The lowest BCUT2D eigenvalue weighted by Gasteiger charge is -2.12. The minimum Gasteiger partial charge on any atom is -0.332 e. The van der Waals surface area contributed by atoms with E-state index in [1.807, 2.05) is 0 Å². The topological polar surface area (TPSA) is 96.0 Å². The van der Waals surface area contributed by atoms with E-state index in [9.17, 15) is 8.42 Å². The highest BCUT2D eigenvalue weighted by Gasteiger charge is 2.15. The number of benzene rings is 2. The summed E-state index contributed by atoms with van der Waals surface area (Å²) in [5.74, 6) is 0.0576. The van der Waals surface area contributed by atoms with Crippen LogP contribution in [0.1, 0.15) is 0 Å². The molecule has 0 amide bonds. The molecule has 0 atom stereocenters. The van der Waals surface area contributed by atoms with E-state index < -0.39 is 10.0 Å². The van der Waals surface area contributed by atoms with E-state index in [1.165, 1.54) is 24.3 Å². The Morgan fingerprint density at radius 3 is 2.03 bits per heavy atom. The molecular formula is C17H12Cl3N5O2S2. The Morgan fingerprint density at radius 1 is 0.828 bits per heavy atom. The van der Waals surface area contributed by atoms with Crippen LogP contribution in [-0.2, 0) is 10.0 Å². The van der Waals surface area contributed by atoms with Crippen molar-refractivity contribution in [3.8, 4) is 0 Å². The van der Waals surface area contributed by atoms with Gasteiger partial charge in [-0.15, -0.1) is 10.2 Å². The van der Waals surface area contributed by atoms with Crippen molar-refractivity contribution in [1.29, 1.82) is 0 Å². The van der Waals surface area contributed by atoms with Crippen molar-refractivity contribution in [3.63, 3.8) is 0 Å². The molecule has 0 spiro atoms. The molecule has 3 rings (SSSR count). The van der Waals surface area contributed by atoms with Crippen LogP contribution in [0.25, 0.3) is 0 Å². The first-order chi connectivity index (χ1) is 13.7. The van der Waals surface area contributed by atoms with Crippen LogP contribution in [0.2, 0.25) is 15.2 Å². The van der Waals surface area contributed by atoms with Gasteiger partial charge >= 0.3 is 0 Å². The molecule has 150 valence electrons. The van der Waals surface area contributed by atoms with E-state index in [2.05, 4.69) is 25.6 Å². The van der Waals surface area contributed by atoms with Crippen molar-refractivity contribution in [1.82, 2.24) is 10.2 Å². The first kappa shape index (κ1) is 21.5. The molecule has 0 aliphatic rings. The Hall–Kier alpha value is -2.17. The summed E-state index contributed by atoms with van der Waals surface area (Å²) in [6, 6.07) is 13.8. The van der Waals surface area contributed by atoms with E-state index in [4.69, 9.17) is 47.0 Å². The van der Waals surface area contributed by atoms with Crippen LogP contribution >= 0.6 is 47.0 Å². The first-order valence-corrected chi connectivity index (χ1v) is 10.9. The van der Waals surface area contributed by atoms with Gasteiger partial charge in [0.2, 0.25) is 0 Å². The summed E-state index contributed by atoms with van der Waals surface area (Å²) in [6.07, 6.45) is 0. The first-order valence-electron chi connectivity index (χ1n) is 7.87. The van der Waals surface area contributed by atoms with Gasteiger partial charge in [-0.1, -0.05) is 34.8 Å². The van der Waals surface area contributed by atoms with Crippen LogP contribution in [-0.4, -0.2) is 23.7 Å². The van der Waals surface area contributed by atoms with Gasteiger partial charge in [0.25, 0.3) is 10.0 Å². The molecule has 0 bridgehead atoms. The molecule has 1 aromatic heterocycles. The van der Waals surface area contributed by atoms with E-state index in [0.29, 0.717) is 21.4 Å². The zero-order chi connectivity index (χ0) is 21.0. The average molecular weight is 489 g/mol. The van der Waals surface area contributed by atoms with Gasteiger partial charge in [-0.2, -0.15) is 0 Å². The molecule has 7 nitrogen and oxygen atoms in total. The van der Waals surface area contributed by atoms with E-state index in [0.717, 1.165) is 0 Å². The molecule has 12 heteroatoms. The van der Waals surface area contributed by atoms with Gasteiger partial charge in [0.05, 0.1) is 4.90 Å². The number of aromatic nitrogens is 2. The molecule has 0 aliphatic carbocycles. The molecule has 3 N–H and O–H groups in total. The highest BCUT2D eigenvalue weighted by molar-refractivity contribution is 7.92. The minimum atomic E-state index is -3.83. The monoisotopic (exact) mass is 487 g/mol. The summed E-state index contributed by atoms with van der Waals surface area (Å²) in [7, 11) is -3.83. The predicted molar refractivity (Wildman–Crippen MR) is 121 cm³/mol. The zero-order valence-electron chi connectivity index (χ0n) is 14.4. The molecule has 0 fully saturated rings. The second kappa shape index (κ2) is 9.10. The lowest BCUT2D eigenvalue weighted by molar-refractivity contribution is 0.601. The third-order valence-corrected chi connectivity index (χ3v) is 5.63. The summed E-state index contributed by atoms with van der Waals surface area (Å²) < 4.78 is 27.2. The van der Waals surface area contributed by atoms with Gasteiger partial charge in [-0.05, 0) is 66.8 Å². The molecule has 1 heterocycles. The van der Waals surface area contributed by atoms with Crippen LogP contribution < -0.4 is 15.4 Å². The normalized spacial score (nSPS) is 11.0. The van der Waals surface area contributed by atoms with Crippen LogP contribution in [0.3, 0.4) is 0 Å². The number of nitrogens with one attached hydrogen (secondary N) is 3. The van der Waals surface area contributed by atoms with Crippen molar-refractivity contribution in [2.24, 2.45) is 0 Å². The van der Waals surface area contributed by atoms with Crippen molar-refractivity contribution >= 4 is 79.3 Å². The minimum absolute atomic E-state index is 0.0419. The third kappa shape index (κ3) is 6.15. The van der Waals surface area contributed by atoms with Crippen molar-refractivity contribution in [3.05, 3.63) is 69.8 Å². The number of nitrogens with zero attached hydrogens (tertiary/aromatic N) is 2. The second-order valence-electron chi connectivity index (χ2n) is 5.61. The molecular weight excluding hydrogens is 477 g/mol. The van der Waals surface area contributed by atoms with Crippen LogP contribution in [0.15, 0.2) is 59.5 Å². The maximum Gasteiger partial charge on any atom is 0.263 e. The van der Waals surface area contributed by atoms with Gasteiger partial charge in [-0.3, -0.25) is 4.72 Å². The highest BCUT2D eigenvalue weighted by Crippen LogP contribution is 2.23. The Kier molecular flexibility index (Phi) is 6.76. The van der Waals surface area contributed by atoms with Crippen LogP contribution in [0.4, 0.5) is 17.2 Å². The molecule has 29 heavy (non-hydrogen) atoms. The van der Waals surface area contributed by atoms with Gasteiger partial charge in [0, 0.05) is 21.4 Å². The molecule has 2 aromatic carbocycles. The maximum absolute atomic E-state index is 12.4. The number of rotatable bonds is 5. The summed E-state index contributed by atoms with van der Waals surface area (Å²) in [4.78, 5) is 0.0419. The number of halogens is 3. The van der Waals surface area contributed by atoms with Crippen molar-refractivity contribution < 1.29 is 8.42 Å². The molecule has 3 aromatic rings. The molecule has 0 saturated carbocycles. The molecule has 0 aliphatic heterocycles. The highest BCUT2D eigenvalue weighted by atomic mass is 35.5. The Morgan fingerprint density at radius 2 is 1.45 bits per heavy atom. The zero-order valence-corrected chi connectivity index (χ0v) is 18.3. The Labute approximate surface area is 187 Å². The van der Waals surface area contributed by atoms with Crippen LogP contribution in [0, 0.1) is 0 Å². The Bertz CT molecular complexity index is 1120. The Balaban J connectivity index is 1.66. The van der Waals surface area contributed by atoms with Gasteiger partial charge < -0.3 is 10.6 Å². The van der Waals surface area contributed by atoms with Crippen molar-refractivity contribution in [2.75, 3.05) is 15.4 Å². The van der Waals surface area contributed by atoms with Gasteiger partial charge in [-0.25, -0.2) is 8.42 Å². The molecule has 0 radical (unpaired) electrons. The van der Waals surface area contributed by atoms with E-state index >= 15 is 0 Å². The number of sulfonamides is 1. The van der Waals surface area contributed by atoms with Crippen molar-refractivity contribution in [2.45, 2.75) is 4.90 Å². The number of thiocarbonyl (C=S) groups is 1. The number of hydrogen-bond donors (Lipinski definition) is 3. The summed E-state index contributed by atoms with van der Waals surface area (Å²) in [5, 5.41) is 14.5. The van der Waals surface area contributed by atoms with E-state index in [1.54, 1.807) is 30.3 Å². The van der Waals surface area contributed by atoms with Gasteiger partial charge in [0.15, 0.2) is 16.1 Å². The molecule has 0 unspecified atom stereocenters. The van der Waals surface area contributed by atoms with E-state index in [-0.39, 0.29) is 21.0 Å². The fourth-order valence-corrected chi connectivity index (χ4v) is 4.06. The number of anilines is 3. The summed E-state index contributed by atoms with van der Waals surface area (Å²) >= 11 is 22.8. The quantitative estimate of drug-likeness (QED) is 0.433. The standard InChI is InChI=1S/C17H12Cl3N5O2S2/c18-10-7-11(19)9-13(8-10)22-17(28)21-12-1-3-14(4-2-12)29(26,27)25-16-6-5-15(20)23-24-16/h1-9H,(H,24,25)(H2,21,22,28). The average Bonchev–Trinajstić information content (AvgIpc) is 2.63. The molecule has 0 saturated heterocycles. The lowest BCUT2D eigenvalue weighted by Crippen LogP contribution is -2.19. The summed E-state index contributed by atoms with van der Waals surface area (Å²) in [6.45, 7) is 0. The summed E-state index contributed by atoms with van der Waals surface area (Å²) in [5.41, 5.74) is 1.20. The van der Waals surface area contributed by atoms with Crippen LogP contribution in [0.5, 0.6) is 0 Å². The lowest BCUT2D eigenvalue weighted by atomic mass is 10.3. The second-order valence-corrected chi connectivity index (χ2v) is 8.96.